The van der Waals surface area contributed by atoms with Gasteiger partial charge in [-0.3, -0.25) is 0 Å². The number of hydrogen-bond acceptors (Lipinski definition) is 2. The lowest BCUT2D eigenvalue weighted by Gasteiger charge is -2.30. The van der Waals surface area contributed by atoms with Gasteiger partial charge in [0.2, 0.25) is 0 Å². The maximum atomic E-state index is 2.36. The number of nitrogens with zero attached hydrogens (tertiary/aromatic N) is 2. The molecule has 1 aromatic rings. The lowest BCUT2D eigenvalue weighted by atomic mass is 10.1. The summed E-state index contributed by atoms with van der Waals surface area (Å²) in [6.45, 7) is 7.54. The Kier molecular flexibility index (Phi) is 3.07. The molecule has 0 spiro atoms. The van der Waals surface area contributed by atoms with Gasteiger partial charge in [0.15, 0.2) is 0 Å². The summed E-state index contributed by atoms with van der Waals surface area (Å²) < 4.78 is 0. The molecule has 1 aromatic carbocycles. The van der Waals surface area contributed by atoms with E-state index < -0.39 is 0 Å². The second-order valence-electron chi connectivity index (χ2n) is 3.68. The maximum absolute atomic E-state index is 2.36. The molecular formula is C13H18N2. The van der Waals surface area contributed by atoms with Crippen LogP contribution in [0.15, 0.2) is 36.4 Å². The van der Waals surface area contributed by atoms with Crippen LogP contribution in [0.5, 0.6) is 0 Å². The Morgan fingerprint density at radius 1 is 1.07 bits per heavy atom. The fourth-order valence-electron chi connectivity index (χ4n) is 2.09. The van der Waals surface area contributed by atoms with E-state index in [2.05, 4.69) is 60.3 Å². The minimum atomic E-state index is 1.04. The van der Waals surface area contributed by atoms with Crippen molar-refractivity contribution in [1.82, 2.24) is 10.0 Å². The molecule has 1 aliphatic rings. The first-order valence-electron chi connectivity index (χ1n) is 5.64. The number of benzene rings is 1. The Morgan fingerprint density at radius 2 is 1.80 bits per heavy atom. The fourth-order valence-corrected chi connectivity index (χ4v) is 2.09. The normalized spacial score (nSPS) is 16.9. The highest BCUT2D eigenvalue weighted by Gasteiger charge is 2.21. The van der Waals surface area contributed by atoms with E-state index in [-0.39, 0.29) is 0 Å². The van der Waals surface area contributed by atoms with Crippen molar-refractivity contribution in [3.05, 3.63) is 42.0 Å². The molecule has 15 heavy (non-hydrogen) atoms. The molecule has 0 saturated carbocycles. The molecule has 0 bridgehead atoms. The van der Waals surface area contributed by atoms with Gasteiger partial charge in [0.05, 0.1) is 5.70 Å². The monoisotopic (exact) mass is 202 g/mol. The van der Waals surface area contributed by atoms with E-state index in [9.17, 15) is 0 Å². The zero-order valence-electron chi connectivity index (χ0n) is 9.48. The third kappa shape index (κ3) is 1.90. The number of likely N-dealkylation sites (N-methyl/N-ethyl adjacent to an activating group) is 1. The van der Waals surface area contributed by atoms with Gasteiger partial charge in [-0.1, -0.05) is 37.3 Å². The molecule has 0 atom stereocenters. The van der Waals surface area contributed by atoms with Crippen LogP contribution in [-0.2, 0) is 0 Å². The minimum Gasteiger partial charge on any atom is -0.305 e. The van der Waals surface area contributed by atoms with Crippen LogP contribution in [0, 0.1) is 0 Å². The Balaban J connectivity index is 2.24. The standard InChI is InChI=1S/C13H18N2/c1-3-14-11-10-13(15(14)4-2)12-8-6-5-7-9-12/h5-10H,3-4,11H2,1-2H3. The van der Waals surface area contributed by atoms with Crippen LogP contribution in [0.25, 0.3) is 5.70 Å². The molecule has 0 saturated heterocycles. The highest BCUT2D eigenvalue weighted by molar-refractivity contribution is 5.65. The molecule has 0 amide bonds. The highest BCUT2D eigenvalue weighted by atomic mass is 15.6. The average Bonchev–Trinajstić information content (AvgIpc) is 2.72. The van der Waals surface area contributed by atoms with Gasteiger partial charge in [0.25, 0.3) is 0 Å². The van der Waals surface area contributed by atoms with Crippen molar-refractivity contribution in [3.8, 4) is 0 Å². The summed E-state index contributed by atoms with van der Waals surface area (Å²) in [5.74, 6) is 0. The van der Waals surface area contributed by atoms with Crippen molar-refractivity contribution >= 4 is 5.70 Å². The van der Waals surface area contributed by atoms with Gasteiger partial charge in [0, 0.05) is 19.6 Å². The van der Waals surface area contributed by atoms with E-state index in [0.29, 0.717) is 0 Å². The van der Waals surface area contributed by atoms with Crippen molar-refractivity contribution in [3.63, 3.8) is 0 Å². The largest absolute Gasteiger partial charge is 0.305 e. The predicted molar refractivity (Wildman–Crippen MR) is 64.0 cm³/mol. The number of hydrazine groups is 1. The Hall–Kier alpha value is -1.28. The molecule has 80 valence electrons. The minimum absolute atomic E-state index is 1.04. The van der Waals surface area contributed by atoms with Gasteiger partial charge in [-0.05, 0) is 18.6 Å². The van der Waals surface area contributed by atoms with Gasteiger partial charge in [-0.25, -0.2) is 5.01 Å². The van der Waals surface area contributed by atoms with Crippen LogP contribution < -0.4 is 0 Å². The molecule has 2 nitrogen and oxygen atoms in total. The topological polar surface area (TPSA) is 6.48 Å². The summed E-state index contributed by atoms with van der Waals surface area (Å²) in [5.41, 5.74) is 2.66. The van der Waals surface area contributed by atoms with Crippen molar-refractivity contribution in [2.75, 3.05) is 19.6 Å². The van der Waals surface area contributed by atoms with E-state index >= 15 is 0 Å². The van der Waals surface area contributed by atoms with Crippen LogP contribution in [0.3, 0.4) is 0 Å². The average molecular weight is 202 g/mol. The summed E-state index contributed by atoms with van der Waals surface area (Å²) in [7, 11) is 0. The molecule has 0 N–H and O–H groups in total. The molecule has 0 aromatic heterocycles. The molecule has 1 heterocycles. The van der Waals surface area contributed by atoms with E-state index in [0.717, 1.165) is 19.6 Å². The van der Waals surface area contributed by atoms with Crippen molar-refractivity contribution in [2.45, 2.75) is 13.8 Å². The molecule has 1 aliphatic heterocycles. The third-order valence-electron chi connectivity index (χ3n) is 2.85. The summed E-state index contributed by atoms with van der Waals surface area (Å²) in [6, 6.07) is 10.6. The maximum Gasteiger partial charge on any atom is 0.0568 e. The first-order chi connectivity index (χ1) is 7.36. The molecule has 0 unspecified atom stereocenters. The predicted octanol–water partition coefficient (Wildman–Crippen LogP) is 2.60. The Morgan fingerprint density at radius 3 is 2.40 bits per heavy atom. The Labute approximate surface area is 91.8 Å². The van der Waals surface area contributed by atoms with Gasteiger partial charge < -0.3 is 5.01 Å². The van der Waals surface area contributed by atoms with Crippen LogP contribution in [0.4, 0.5) is 0 Å². The SMILES string of the molecule is CCN1CC=C(c2ccccc2)N1CC. The van der Waals surface area contributed by atoms with Crippen molar-refractivity contribution in [2.24, 2.45) is 0 Å². The number of rotatable bonds is 3. The van der Waals surface area contributed by atoms with E-state index in [4.69, 9.17) is 0 Å². The van der Waals surface area contributed by atoms with Crippen LogP contribution >= 0.6 is 0 Å². The third-order valence-corrected chi connectivity index (χ3v) is 2.85. The first-order valence-corrected chi connectivity index (χ1v) is 5.64. The van der Waals surface area contributed by atoms with Gasteiger partial charge >= 0.3 is 0 Å². The quantitative estimate of drug-likeness (QED) is 0.743. The van der Waals surface area contributed by atoms with Crippen molar-refractivity contribution < 1.29 is 0 Å². The zero-order chi connectivity index (χ0) is 10.7. The summed E-state index contributed by atoms with van der Waals surface area (Å²) in [6.07, 6.45) is 2.31. The molecule has 2 rings (SSSR count). The summed E-state index contributed by atoms with van der Waals surface area (Å²) >= 11 is 0. The zero-order valence-corrected chi connectivity index (χ0v) is 9.48. The molecule has 0 radical (unpaired) electrons. The summed E-state index contributed by atoms with van der Waals surface area (Å²) in [4.78, 5) is 0. The molecule has 2 heteroatoms. The van der Waals surface area contributed by atoms with E-state index in [1.165, 1.54) is 11.3 Å². The van der Waals surface area contributed by atoms with Gasteiger partial charge in [-0.2, -0.15) is 0 Å². The lowest BCUT2D eigenvalue weighted by Crippen LogP contribution is -2.36. The highest BCUT2D eigenvalue weighted by Crippen LogP contribution is 2.25. The van der Waals surface area contributed by atoms with Gasteiger partial charge in [-0.15, -0.1) is 0 Å². The van der Waals surface area contributed by atoms with Crippen LogP contribution in [0.2, 0.25) is 0 Å². The van der Waals surface area contributed by atoms with Crippen LogP contribution in [0.1, 0.15) is 19.4 Å². The Bertz CT molecular complexity index is 343. The second-order valence-corrected chi connectivity index (χ2v) is 3.68. The molecule has 0 aliphatic carbocycles. The lowest BCUT2D eigenvalue weighted by molar-refractivity contribution is 0.0749. The molecular weight excluding hydrogens is 184 g/mol. The van der Waals surface area contributed by atoms with Crippen molar-refractivity contribution in [1.29, 1.82) is 0 Å². The number of hydrogen-bond donors (Lipinski definition) is 0. The molecule has 0 fully saturated rings. The fraction of sp³-hybridized carbons (Fsp3) is 0.385. The van der Waals surface area contributed by atoms with Gasteiger partial charge in [0.1, 0.15) is 0 Å². The van der Waals surface area contributed by atoms with Crippen LogP contribution in [-0.4, -0.2) is 29.7 Å². The smallest absolute Gasteiger partial charge is 0.0568 e. The van der Waals surface area contributed by atoms with E-state index in [1.807, 2.05) is 0 Å². The summed E-state index contributed by atoms with van der Waals surface area (Å²) in [5, 5.41) is 4.72. The second kappa shape index (κ2) is 4.49. The first kappa shape index (κ1) is 10.2. The van der Waals surface area contributed by atoms with E-state index in [1.54, 1.807) is 0 Å².